The van der Waals surface area contributed by atoms with E-state index in [1.165, 1.54) is 12.1 Å². The Kier molecular flexibility index (Phi) is 12.8. The number of carbonyl (C=O) groups excluding carboxylic acids is 1. The molecule has 1 saturated carbocycles. The van der Waals surface area contributed by atoms with E-state index in [2.05, 4.69) is 0 Å². The molecule has 5 atom stereocenters. The molecule has 1 aliphatic heterocycles. The Balaban J connectivity index is 1.35. The first-order valence-corrected chi connectivity index (χ1v) is 21.1. The van der Waals surface area contributed by atoms with Gasteiger partial charge in [-0.15, -0.1) is 0 Å². The molecule has 1 saturated heterocycles. The van der Waals surface area contributed by atoms with Crippen molar-refractivity contribution in [1.82, 2.24) is 0 Å². The number of hydrogen-bond acceptors (Lipinski definition) is 12. The monoisotopic (exact) mass is 778 g/mol. The van der Waals surface area contributed by atoms with Crippen LogP contribution in [0.15, 0.2) is 57.7 Å². The third-order valence-electron chi connectivity index (χ3n) is 10.7. The van der Waals surface area contributed by atoms with Crippen LogP contribution in [-0.4, -0.2) is 65.7 Å². The Morgan fingerprint density at radius 1 is 0.944 bits per heavy atom. The molecule has 2 heterocycles. The number of phenols is 3. The summed E-state index contributed by atoms with van der Waals surface area (Å²) in [5.74, 6) is 0.144. The molecular weight excluding hydrogens is 729 g/mol. The second kappa shape index (κ2) is 17.3. The van der Waals surface area contributed by atoms with Crippen LogP contribution in [0.2, 0.25) is 0 Å². The Labute approximate surface area is 323 Å². The van der Waals surface area contributed by atoms with E-state index in [1.54, 1.807) is 51.9 Å². The Bertz CT molecular complexity index is 2010. The van der Waals surface area contributed by atoms with E-state index in [0.717, 1.165) is 43.3 Å². The zero-order chi connectivity index (χ0) is 38.6. The summed E-state index contributed by atoms with van der Waals surface area (Å²) in [6.07, 6.45) is 4.79. The number of ether oxygens (including phenoxy) is 1. The average Bonchev–Trinajstić information content (AvgIpc) is 3.14. The molecule has 6 N–H and O–H groups in total. The predicted octanol–water partition coefficient (Wildman–Crippen LogP) is 8.01. The van der Waals surface area contributed by atoms with Crippen molar-refractivity contribution in [2.24, 2.45) is 11.8 Å². The topological polar surface area (TPSA) is 178 Å². The third kappa shape index (κ3) is 8.99. The van der Waals surface area contributed by atoms with Crippen LogP contribution in [0.5, 0.6) is 28.7 Å². The first-order chi connectivity index (χ1) is 25.9. The lowest BCUT2D eigenvalue weighted by Crippen LogP contribution is -2.44. The molecule has 3 aromatic carbocycles. The van der Waals surface area contributed by atoms with Crippen LogP contribution in [-0.2, 0) is 17.6 Å². The SMILES string of the molecule is CC(C)Cc1cc(-c2oc3cc(O)cc(OC4CCC(O)C5(CCCC(CC=O)C5)SSCCCC4O)c3c(=O)c2O)cc(Cc2cccc(O)c2)c1O. The molecule has 5 unspecified atom stereocenters. The van der Waals surface area contributed by atoms with E-state index >= 15 is 0 Å². The lowest BCUT2D eigenvalue weighted by molar-refractivity contribution is -0.109. The van der Waals surface area contributed by atoms with Crippen molar-refractivity contribution in [3.8, 4) is 40.1 Å². The molecule has 0 bridgehead atoms. The summed E-state index contributed by atoms with van der Waals surface area (Å²) in [5.41, 5.74) is 1.34. The first-order valence-electron chi connectivity index (χ1n) is 18.8. The molecule has 1 spiro atoms. The number of aliphatic hydroxyl groups is 2. The maximum absolute atomic E-state index is 14.0. The van der Waals surface area contributed by atoms with Gasteiger partial charge in [-0.1, -0.05) is 54.0 Å². The molecule has 1 aliphatic carbocycles. The van der Waals surface area contributed by atoms with Gasteiger partial charge in [0.1, 0.15) is 46.4 Å². The van der Waals surface area contributed by atoms with Crippen molar-refractivity contribution in [3.05, 3.63) is 75.4 Å². The van der Waals surface area contributed by atoms with Gasteiger partial charge in [0.25, 0.3) is 0 Å². The Hall–Kier alpha value is -3.84. The second-order valence-corrected chi connectivity index (χ2v) is 18.1. The van der Waals surface area contributed by atoms with E-state index in [9.17, 15) is 40.2 Å². The highest BCUT2D eigenvalue weighted by Crippen LogP contribution is 2.52. The molecule has 54 heavy (non-hydrogen) atoms. The van der Waals surface area contributed by atoms with Crippen LogP contribution >= 0.6 is 21.6 Å². The van der Waals surface area contributed by atoms with Crippen molar-refractivity contribution < 1.29 is 44.6 Å². The molecule has 290 valence electrons. The highest BCUT2D eigenvalue weighted by atomic mass is 33.1. The van der Waals surface area contributed by atoms with E-state index in [-0.39, 0.29) is 64.4 Å². The van der Waals surface area contributed by atoms with Gasteiger partial charge in [0, 0.05) is 36.3 Å². The first kappa shape index (κ1) is 39.8. The number of hydrogen-bond donors (Lipinski definition) is 6. The molecular formula is C42H50O10S2. The van der Waals surface area contributed by atoms with Gasteiger partial charge in [-0.05, 0) is 104 Å². The van der Waals surface area contributed by atoms with Crippen molar-refractivity contribution in [1.29, 1.82) is 0 Å². The lowest BCUT2D eigenvalue weighted by Gasteiger charge is -2.43. The highest BCUT2D eigenvalue weighted by Gasteiger charge is 2.43. The number of aromatic hydroxyl groups is 4. The minimum Gasteiger partial charge on any atom is -0.508 e. The second-order valence-electron chi connectivity index (χ2n) is 15.3. The Morgan fingerprint density at radius 3 is 2.50 bits per heavy atom. The quantitative estimate of drug-likeness (QED) is 0.0714. The standard InChI is InChI=1S/C42H50O10S2/c1-24(2)16-27-19-29(20-28(38(27)48)17-26-6-3-8-30(44)18-26)41-40(50)39(49)37-34(21-31(45)22-35(37)52-41)51-33-10-11-36(47)42(54-53-15-5-9-32(33)46)13-4-7-25(23-42)12-14-43/h3,6,8,14,18-22,24-25,32-33,36,44-48,50H,4-5,7,9-13,15-17,23H2,1-2H3. The van der Waals surface area contributed by atoms with Crippen LogP contribution in [0.3, 0.4) is 0 Å². The number of rotatable bonds is 9. The fraction of sp³-hybridized carbons (Fsp3) is 0.476. The zero-order valence-electron chi connectivity index (χ0n) is 30.7. The minimum atomic E-state index is -0.940. The maximum atomic E-state index is 14.0. The summed E-state index contributed by atoms with van der Waals surface area (Å²) in [6, 6.07) is 12.5. The van der Waals surface area contributed by atoms with E-state index in [0.29, 0.717) is 48.8 Å². The normalized spacial score (nSPS) is 24.0. The summed E-state index contributed by atoms with van der Waals surface area (Å²) < 4.78 is 12.1. The van der Waals surface area contributed by atoms with Gasteiger partial charge in [0.05, 0.1) is 17.0 Å². The van der Waals surface area contributed by atoms with E-state index in [1.807, 2.05) is 19.9 Å². The van der Waals surface area contributed by atoms with Crippen molar-refractivity contribution in [3.63, 3.8) is 0 Å². The summed E-state index contributed by atoms with van der Waals surface area (Å²) in [7, 11) is 3.39. The number of benzene rings is 3. The molecule has 12 heteroatoms. The fourth-order valence-electron chi connectivity index (χ4n) is 7.98. The van der Waals surface area contributed by atoms with Gasteiger partial charge in [-0.3, -0.25) is 4.79 Å². The number of fused-ring (bicyclic) bond motifs is 1. The van der Waals surface area contributed by atoms with Crippen molar-refractivity contribution in [2.75, 3.05) is 5.75 Å². The molecule has 4 aromatic rings. The van der Waals surface area contributed by atoms with Crippen LogP contribution in [0.1, 0.15) is 88.3 Å². The molecule has 0 radical (unpaired) electrons. The molecule has 1 aromatic heterocycles. The van der Waals surface area contributed by atoms with Gasteiger partial charge in [-0.2, -0.15) is 0 Å². The zero-order valence-corrected chi connectivity index (χ0v) is 32.3. The highest BCUT2D eigenvalue weighted by molar-refractivity contribution is 8.77. The van der Waals surface area contributed by atoms with Crippen molar-refractivity contribution >= 4 is 38.8 Å². The van der Waals surface area contributed by atoms with Gasteiger partial charge < -0.3 is 44.6 Å². The van der Waals surface area contributed by atoms with E-state index < -0.39 is 34.2 Å². The van der Waals surface area contributed by atoms with Gasteiger partial charge in [0.15, 0.2) is 5.76 Å². The summed E-state index contributed by atoms with van der Waals surface area (Å²) in [5, 5.41) is 66.5. The fourth-order valence-corrected chi connectivity index (χ4v) is 11.4. The number of carbonyl (C=O) groups is 1. The third-order valence-corrected chi connectivity index (χ3v) is 14.0. The van der Waals surface area contributed by atoms with Crippen LogP contribution in [0, 0.1) is 11.8 Å². The predicted molar refractivity (Wildman–Crippen MR) is 213 cm³/mol. The van der Waals surface area contributed by atoms with Gasteiger partial charge in [0.2, 0.25) is 11.2 Å². The number of aldehydes is 1. The van der Waals surface area contributed by atoms with Gasteiger partial charge in [-0.25, -0.2) is 0 Å². The van der Waals surface area contributed by atoms with Crippen LogP contribution in [0.25, 0.3) is 22.3 Å². The smallest absolute Gasteiger partial charge is 0.238 e. The summed E-state index contributed by atoms with van der Waals surface area (Å²) in [6.45, 7) is 4.02. The average molecular weight is 779 g/mol. The minimum absolute atomic E-state index is 0.0443. The largest absolute Gasteiger partial charge is 0.508 e. The number of aliphatic hydroxyl groups excluding tert-OH is 2. The molecule has 2 fully saturated rings. The lowest BCUT2D eigenvalue weighted by atomic mass is 9.75. The molecule has 2 aliphatic rings. The van der Waals surface area contributed by atoms with Crippen molar-refractivity contribution in [2.45, 2.75) is 108 Å². The van der Waals surface area contributed by atoms with Gasteiger partial charge >= 0.3 is 0 Å². The van der Waals surface area contributed by atoms with E-state index in [4.69, 9.17) is 9.15 Å². The van der Waals surface area contributed by atoms with Crippen LogP contribution in [0.4, 0.5) is 0 Å². The molecule has 0 amide bonds. The Morgan fingerprint density at radius 2 is 1.74 bits per heavy atom. The number of phenolic OH excluding ortho intramolecular Hbond substituents is 3. The maximum Gasteiger partial charge on any atom is 0.238 e. The molecule has 10 nitrogen and oxygen atoms in total. The summed E-state index contributed by atoms with van der Waals surface area (Å²) in [4.78, 5) is 25.4. The molecule has 6 rings (SSSR count). The summed E-state index contributed by atoms with van der Waals surface area (Å²) >= 11 is 0. The van der Waals surface area contributed by atoms with Crippen LogP contribution < -0.4 is 10.2 Å².